The molecule has 0 radical (unpaired) electrons. The summed E-state index contributed by atoms with van der Waals surface area (Å²) in [7, 11) is 0. The second-order valence-corrected chi connectivity index (χ2v) is 6.32. The van der Waals surface area contributed by atoms with Crippen LogP contribution in [0.1, 0.15) is 25.8 Å². The van der Waals surface area contributed by atoms with E-state index in [4.69, 9.17) is 29.4 Å². The first-order chi connectivity index (χ1) is 13.8. The number of carbonyl (C=O) groups excluding carboxylic acids is 4. The van der Waals surface area contributed by atoms with Crippen LogP contribution < -0.4 is 5.73 Å². The first kappa shape index (κ1) is 22.3. The molecule has 0 aliphatic carbocycles. The third kappa shape index (κ3) is 7.16. The third-order valence-electron chi connectivity index (χ3n) is 3.96. The van der Waals surface area contributed by atoms with E-state index in [1.54, 1.807) is 0 Å². The number of hydrogen-bond acceptors (Lipinski definition) is 9. The van der Waals surface area contributed by atoms with E-state index < -0.39 is 55.0 Å². The molecule has 0 saturated carbocycles. The van der Waals surface area contributed by atoms with Crippen LogP contribution in [0, 0.1) is 0 Å². The van der Waals surface area contributed by atoms with Crippen molar-refractivity contribution in [3.05, 3.63) is 35.9 Å². The highest BCUT2D eigenvalue weighted by molar-refractivity contribution is 6.31. The minimum absolute atomic E-state index is 0.0879. The Morgan fingerprint density at radius 3 is 2.31 bits per heavy atom. The van der Waals surface area contributed by atoms with Crippen molar-refractivity contribution in [1.29, 1.82) is 0 Å². The molecule has 1 aromatic rings. The number of ether oxygens (including phenoxy) is 5. The number of esters is 3. The smallest absolute Gasteiger partial charge is 0.396 e. The molecular formula is C19H23NO9. The summed E-state index contributed by atoms with van der Waals surface area (Å²) in [6.07, 6.45) is -3.76. The second-order valence-electron chi connectivity index (χ2n) is 6.32. The van der Waals surface area contributed by atoms with E-state index in [1.807, 2.05) is 30.3 Å². The number of rotatable bonds is 7. The van der Waals surface area contributed by atoms with Crippen LogP contribution in [0.4, 0.5) is 0 Å². The maximum atomic E-state index is 11.5. The van der Waals surface area contributed by atoms with Gasteiger partial charge in [0.1, 0.15) is 18.8 Å². The first-order valence-electron chi connectivity index (χ1n) is 8.88. The van der Waals surface area contributed by atoms with Crippen LogP contribution in [0.5, 0.6) is 0 Å². The molecule has 2 rings (SSSR count). The summed E-state index contributed by atoms with van der Waals surface area (Å²) in [5.41, 5.74) is 5.75. The summed E-state index contributed by atoms with van der Waals surface area (Å²) in [6, 6.07) is 9.29. The minimum Gasteiger partial charge on any atom is -0.458 e. The third-order valence-corrected chi connectivity index (χ3v) is 3.96. The highest BCUT2D eigenvalue weighted by Crippen LogP contribution is 2.27. The zero-order valence-electron chi connectivity index (χ0n) is 16.1. The zero-order chi connectivity index (χ0) is 21.4. The van der Waals surface area contributed by atoms with Gasteiger partial charge in [0.15, 0.2) is 12.4 Å². The van der Waals surface area contributed by atoms with Crippen LogP contribution in [-0.2, 0) is 49.5 Å². The number of hydrogen-bond donors (Lipinski definition) is 1. The van der Waals surface area contributed by atoms with Gasteiger partial charge < -0.3 is 29.4 Å². The molecule has 2 N–H and O–H groups in total. The molecule has 0 spiro atoms. The van der Waals surface area contributed by atoms with Crippen molar-refractivity contribution in [2.75, 3.05) is 6.61 Å². The number of carbonyl (C=O) groups is 4. The maximum absolute atomic E-state index is 11.5. The van der Waals surface area contributed by atoms with Gasteiger partial charge in [-0.1, -0.05) is 30.3 Å². The molecule has 1 amide bonds. The van der Waals surface area contributed by atoms with Crippen LogP contribution in [0.25, 0.3) is 0 Å². The molecule has 1 aliphatic rings. The minimum atomic E-state index is -1.28. The average Bonchev–Trinajstić information content (AvgIpc) is 2.66. The molecule has 0 unspecified atom stereocenters. The van der Waals surface area contributed by atoms with Crippen LogP contribution in [0.2, 0.25) is 0 Å². The standard InChI is InChI=1S/C19H23NO9/c1-11(21)27-14-8-16(25-9-13-6-4-3-5-7-13)29-15(17(14)28-12(2)22)10-26-19(24)18(20)23/h3-7,14-17H,8-10H2,1-2H3,(H2,20,23)/t14-,15-,16+,17+/m1/s1. The van der Waals surface area contributed by atoms with Gasteiger partial charge in [-0.3, -0.25) is 14.4 Å². The summed E-state index contributed by atoms with van der Waals surface area (Å²) in [5.74, 6) is -3.79. The van der Waals surface area contributed by atoms with Gasteiger partial charge >= 0.3 is 23.8 Å². The van der Waals surface area contributed by atoms with E-state index in [9.17, 15) is 19.2 Å². The molecule has 10 nitrogen and oxygen atoms in total. The second kappa shape index (κ2) is 10.5. The Morgan fingerprint density at radius 2 is 1.72 bits per heavy atom. The maximum Gasteiger partial charge on any atom is 0.396 e. The summed E-state index contributed by atoms with van der Waals surface area (Å²) in [6.45, 7) is 2.14. The number of amides is 1. The fourth-order valence-electron chi connectivity index (χ4n) is 2.80. The molecule has 10 heteroatoms. The molecule has 1 fully saturated rings. The fraction of sp³-hybridized carbons (Fsp3) is 0.474. The van der Waals surface area contributed by atoms with Gasteiger partial charge in [0.05, 0.1) is 6.61 Å². The van der Waals surface area contributed by atoms with E-state index in [-0.39, 0.29) is 13.0 Å². The first-order valence-corrected chi connectivity index (χ1v) is 8.88. The normalized spacial score (nSPS) is 23.7. The molecule has 29 heavy (non-hydrogen) atoms. The number of nitrogens with two attached hydrogens (primary N) is 1. The molecule has 1 heterocycles. The number of benzene rings is 1. The van der Waals surface area contributed by atoms with E-state index >= 15 is 0 Å². The van der Waals surface area contributed by atoms with Crippen molar-refractivity contribution in [3.63, 3.8) is 0 Å². The monoisotopic (exact) mass is 409 g/mol. The fourth-order valence-corrected chi connectivity index (χ4v) is 2.80. The highest BCUT2D eigenvalue weighted by Gasteiger charge is 2.44. The van der Waals surface area contributed by atoms with Crippen LogP contribution in [0.3, 0.4) is 0 Å². The van der Waals surface area contributed by atoms with Crippen molar-refractivity contribution in [3.8, 4) is 0 Å². The predicted molar refractivity (Wildman–Crippen MR) is 95.8 cm³/mol. The molecule has 0 aromatic heterocycles. The predicted octanol–water partition coefficient (Wildman–Crippen LogP) is 0.210. The Kier molecular flexibility index (Phi) is 8.10. The SMILES string of the molecule is CC(=O)O[C@H]1[C@H](OC(C)=O)C[C@@H](OCc2ccccc2)O[C@@H]1COC(=O)C(N)=O. The molecule has 4 atom stereocenters. The van der Waals surface area contributed by atoms with E-state index in [0.29, 0.717) is 0 Å². The summed E-state index contributed by atoms with van der Waals surface area (Å²) < 4.78 is 26.7. The van der Waals surface area contributed by atoms with Crippen molar-refractivity contribution in [2.45, 2.75) is 51.5 Å². The Labute approximate surface area is 167 Å². The molecule has 1 saturated heterocycles. The molecule has 0 bridgehead atoms. The lowest BCUT2D eigenvalue weighted by atomic mass is 10.0. The van der Waals surface area contributed by atoms with Crippen LogP contribution in [0.15, 0.2) is 30.3 Å². The highest BCUT2D eigenvalue weighted by atomic mass is 16.7. The van der Waals surface area contributed by atoms with E-state index in [1.165, 1.54) is 13.8 Å². The summed E-state index contributed by atoms with van der Waals surface area (Å²) in [4.78, 5) is 45.3. The van der Waals surface area contributed by atoms with Gasteiger partial charge in [0, 0.05) is 20.3 Å². The summed E-state index contributed by atoms with van der Waals surface area (Å²) in [5, 5.41) is 0. The van der Waals surface area contributed by atoms with Crippen LogP contribution in [-0.4, -0.2) is 55.0 Å². The van der Waals surface area contributed by atoms with Gasteiger partial charge in [-0.05, 0) is 5.56 Å². The van der Waals surface area contributed by atoms with Crippen LogP contribution >= 0.6 is 0 Å². The Hall–Kier alpha value is -2.98. The molecular weight excluding hydrogens is 386 g/mol. The van der Waals surface area contributed by atoms with E-state index in [2.05, 4.69) is 0 Å². The molecule has 1 aliphatic heterocycles. The topological polar surface area (TPSA) is 140 Å². The Bertz CT molecular complexity index is 736. The quantitative estimate of drug-likeness (QED) is 0.380. The summed E-state index contributed by atoms with van der Waals surface area (Å²) >= 11 is 0. The van der Waals surface area contributed by atoms with Gasteiger partial charge in [0.2, 0.25) is 0 Å². The zero-order valence-corrected chi connectivity index (χ0v) is 16.1. The largest absolute Gasteiger partial charge is 0.458 e. The van der Waals surface area contributed by atoms with Gasteiger partial charge in [0.25, 0.3) is 0 Å². The van der Waals surface area contributed by atoms with Crippen molar-refractivity contribution >= 4 is 23.8 Å². The van der Waals surface area contributed by atoms with Crippen molar-refractivity contribution in [2.24, 2.45) is 5.73 Å². The number of primary amides is 1. The molecule has 158 valence electrons. The average molecular weight is 409 g/mol. The molecule has 1 aromatic carbocycles. The van der Waals surface area contributed by atoms with Gasteiger partial charge in [-0.15, -0.1) is 0 Å². The van der Waals surface area contributed by atoms with Crippen molar-refractivity contribution < 1.29 is 42.9 Å². The van der Waals surface area contributed by atoms with E-state index in [0.717, 1.165) is 5.56 Å². The lowest BCUT2D eigenvalue weighted by Crippen LogP contribution is -2.54. The Morgan fingerprint density at radius 1 is 1.07 bits per heavy atom. The van der Waals surface area contributed by atoms with Crippen molar-refractivity contribution in [1.82, 2.24) is 0 Å². The van der Waals surface area contributed by atoms with Gasteiger partial charge in [-0.2, -0.15) is 0 Å². The lowest BCUT2D eigenvalue weighted by molar-refractivity contribution is -0.269. The Balaban J connectivity index is 2.13. The van der Waals surface area contributed by atoms with Gasteiger partial charge in [-0.25, -0.2) is 4.79 Å². The lowest BCUT2D eigenvalue weighted by Gasteiger charge is -2.39.